The predicted molar refractivity (Wildman–Crippen MR) is 82.4 cm³/mol. The molecule has 2 aromatic rings. The van der Waals surface area contributed by atoms with Gasteiger partial charge in [0.05, 0.1) is 6.10 Å². The Morgan fingerprint density at radius 1 is 1.35 bits per heavy atom. The molecule has 0 radical (unpaired) electrons. The van der Waals surface area contributed by atoms with Gasteiger partial charge >= 0.3 is 0 Å². The number of aliphatic hydroxyl groups excluding tert-OH is 1. The third kappa shape index (κ3) is 3.67. The fourth-order valence-corrected chi connectivity index (χ4v) is 2.36. The fraction of sp³-hybridized carbons (Fsp3) is 0.467. The molecule has 108 valence electrons. The third-order valence-corrected chi connectivity index (χ3v) is 4.07. The lowest BCUT2D eigenvalue weighted by atomic mass is 10.0. The summed E-state index contributed by atoms with van der Waals surface area (Å²) in [6.45, 7) is 7.11. The minimum Gasteiger partial charge on any atom is -0.388 e. The van der Waals surface area contributed by atoms with Crippen LogP contribution in [0.15, 0.2) is 29.0 Å². The highest BCUT2D eigenvalue weighted by Gasteiger charge is 2.14. The molecule has 4 nitrogen and oxygen atoms in total. The molecular weight excluding hydrogens is 318 g/mol. The van der Waals surface area contributed by atoms with Gasteiger partial charge in [0, 0.05) is 17.4 Å². The SMILES string of the molecule is Cc1cc(C(O)Cc2ncnn2CC(C)C)ccc1Br. The monoisotopic (exact) mass is 337 g/mol. The van der Waals surface area contributed by atoms with E-state index in [2.05, 4.69) is 39.9 Å². The molecule has 5 heteroatoms. The highest BCUT2D eigenvalue weighted by atomic mass is 79.9. The number of aromatic nitrogens is 3. The highest BCUT2D eigenvalue weighted by Crippen LogP contribution is 2.23. The lowest BCUT2D eigenvalue weighted by Crippen LogP contribution is -2.13. The van der Waals surface area contributed by atoms with Crippen molar-refractivity contribution in [1.29, 1.82) is 0 Å². The molecule has 0 bridgehead atoms. The quantitative estimate of drug-likeness (QED) is 0.910. The molecule has 0 saturated carbocycles. The first-order chi connectivity index (χ1) is 9.47. The number of hydrogen-bond donors (Lipinski definition) is 1. The molecule has 0 fully saturated rings. The molecular formula is C15H20BrN3O. The minimum absolute atomic E-state index is 0.480. The molecule has 1 heterocycles. The van der Waals surface area contributed by atoms with Gasteiger partial charge in [-0.15, -0.1) is 0 Å². The summed E-state index contributed by atoms with van der Waals surface area (Å²) in [4.78, 5) is 4.26. The highest BCUT2D eigenvalue weighted by molar-refractivity contribution is 9.10. The Labute approximate surface area is 128 Å². The minimum atomic E-state index is -0.558. The number of aryl methyl sites for hydroxylation is 1. The molecule has 0 amide bonds. The van der Waals surface area contributed by atoms with Gasteiger partial charge < -0.3 is 5.11 Å². The second-order valence-electron chi connectivity index (χ2n) is 5.48. The van der Waals surface area contributed by atoms with Crippen LogP contribution in [-0.4, -0.2) is 19.9 Å². The Morgan fingerprint density at radius 2 is 2.10 bits per heavy atom. The van der Waals surface area contributed by atoms with Gasteiger partial charge in [0.1, 0.15) is 12.2 Å². The maximum atomic E-state index is 10.4. The first-order valence-electron chi connectivity index (χ1n) is 6.78. The second kappa shape index (κ2) is 6.50. The molecule has 2 rings (SSSR count). The van der Waals surface area contributed by atoms with Crippen molar-refractivity contribution in [3.63, 3.8) is 0 Å². The lowest BCUT2D eigenvalue weighted by Gasteiger charge is -2.14. The summed E-state index contributed by atoms with van der Waals surface area (Å²) in [5.74, 6) is 1.33. The summed E-state index contributed by atoms with van der Waals surface area (Å²) < 4.78 is 2.93. The molecule has 1 atom stereocenters. The van der Waals surface area contributed by atoms with Crippen molar-refractivity contribution >= 4 is 15.9 Å². The zero-order chi connectivity index (χ0) is 14.7. The average Bonchev–Trinajstić information content (AvgIpc) is 2.79. The molecule has 1 aromatic carbocycles. The van der Waals surface area contributed by atoms with Crippen LogP contribution >= 0.6 is 15.9 Å². The number of rotatable bonds is 5. The van der Waals surface area contributed by atoms with Crippen molar-refractivity contribution in [2.24, 2.45) is 5.92 Å². The van der Waals surface area contributed by atoms with Gasteiger partial charge in [-0.3, -0.25) is 0 Å². The van der Waals surface area contributed by atoms with E-state index >= 15 is 0 Å². The van der Waals surface area contributed by atoms with Crippen molar-refractivity contribution in [3.05, 3.63) is 46.0 Å². The summed E-state index contributed by atoms with van der Waals surface area (Å²) in [6, 6.07) is 5.90. The van der Waals surface area contributed by atoms with Crippen LogP contribution in [0.4, 0.5) is 0 Å². The zero-order valence-electron chi connectivity index (χ0n) is 12.0. The summed E-state index contributed by atoms with van der Waals surface area (Å²) in [5, 5.41) is 14.6. The van der Waals surface area contributed by atoms with E-state index in [1.807, 2.05) is 29.8 Å². The summed E-state index contributed by atoms with van der Waals surface area (Å²) >= 11 is 3.47. The van der Waals surface area contributed by atoms with Crippen LogP contribution in [0.25, 0.3) is 0 Å². The van der Waals surface area contributed by atoms with Crippen LogP contribution in [0.5, 0.6) is 0 Å². The maximum Gasteiger partial charge on any atom is 0.138 e. The Balaban J connectivity index is 2.13. The van der Waals surface area contributed by atoms with Crippen LogP contribution in [0.2, 0.25) is 0 Å². The van der Waals surface area contributed by atoms with Gasteiger partial charge in [0.2, 0.25) is 0 Å². The topological polar surface area (TPSA) is 50.9 Å². The third-order valence-electron chi connectivity index (χ3n) is 3.18. The summed E-state index contributed by atoms with van der Waals surface area (Å²) in [7, 11) is 0. The number of aliphatic hydroxyl groups is 1. The van der Waals surface area contributed by atoms with Crippen molar-refractivity contribution in [2.75, 3.05) is 0 Å². The van der Waals surface area contributed by atoms with Gasteiger partial charge in [0.25, 0.3) is 0 Å². The molecule has 0 aliphatic carbocycles. The van der Waals surface area contributed by atoms with Crippen LogP contribution in [0.3, 0.4) is 0 Å². The summed E-state index contributed by atoms with van der Waals surface area (Å²) in [5.41, 5.74) is 2.02. The first kappa shape index (κ1) is 15.2. The predicted octanol–water partition coefficient (Wildman–Crippen LogP) is 3.28. The Kier molecular flexibility index (Phi) is 4.94. The van der Waals surface area contributed by atoms with E-state index in [1.54, 1.807) is 6.33 Å². The fourth-order valence-electron chi connectivity index (χ4n) is 2.11. The van der Waals surface area contributed by atoms with Gasteiger partial charge in [-0.05, 0) is 30.0 Å². The normalized spacial score (nSPS) is 12.9. The zero-order valence-corrected chi connectivity index (χ0v) is 13.6. The standard InChI is InChI=1S/C15H20BrN3O/c1-10(2)8-19-15(17-9-18-19)7-14(20)12-4-5-13(16)11(3)6-12/h4-6,9-10,14,20H,7-8H2,1-3H3. The van der Waals surface area contributed by atoms with E-state index < -0.39 is 6.10 Å². The van der Waals surface area contributed by atoms with Crippen LogP contribution in [0, 0.1) is 12.8 Å². The van der Waals surface area contributed by atoms with Crippen LogP contribution in [-0.2, 0) is 13.0 Å². The van der Waals surface area contributed by atoms with Gasteiger partial charge in [0.15, 0.2) is 0 Å². The van der Waals surface area contributed by atoms with Gasteiger partial charge in [-0.25, -0.2) is 9.67 Å². The van der Waals surface area contributed by atoms with E-state index in [4.69, 9.17) is 0 Å². The van der Waals surface area contributed by atoms with Crippen LogP contribution in [0.1, 0.15) is 36.9 Å². The smallest absolute Gasteiger partial charge is 0.138 e. The largest absolute Gasteiger partial charge is 0.388 e. The molecule has 1 aromatic heterocycles. The molecule has 0 aliphatic heterocycles. The number of nitrogens with zero attached hydrogens (tertiary/aromatic N) is 3. The number of benzene rings is 1. The van der Waals surface area contributed by atoms with Crippen molar-refractivity contribution < 1.29 is 5.11 Å². The van der Waals surface area contributed by atoms with Gasteiger partial charge in [-0.1, -0.05) is 41.9 Å². The molecule has 0 aliphatic rings. The van der Waals surface area contributed by atoms with E-state index in [-0.39, 0.29) is 0 Å². The maximum absolute atomic E-state index is 10.4. The van der Waals surface area contributed by atoms with Crippen molar-refractivity contribution in [3.8, 4) is 0 Å². The second-order valence-corrected chi connectivity index (χ2v) is 6.34. The Hall–Kier alpha value is -1.20. The molecule has 0 spiro atoms. The number of hydrogen-bond acceptors (Lipinski definition) is 3. The molecule has 0 saturated heterocycles. The van der Waals surface area contributed by atoms with E-state index in [0.29, 0.717) is 12.3 Å². The van der Waals surface area contributed by atoms with E-state index in [1.165, 1.54) is 0 Å². The van der Waals surface area contributed by atoms with Gasteiger partial charge in [-0.2, -0.15) is 5.10 Å². The van der Waals surface area contributed by atoms with Crippen molar-refractivity contribution in [2.45, 2.75) is 39.8 Å². The first-order valence-corrected chi connectivity index (χ1v) is 7.57. The molecule has 1 N–H and O–H groups in total. The molecule has 1 unspecified atom stereocenters. The Morgan fingerprint density at radius 3 is 2.75 bits per heavy atom. The van der Waals surface area contributed by atoms with E-state index in [0.717, 1.165) is 28.0 Å². The molecule has 20 heavy (non-hydrogen) atoms. The summed E-state index contributed by atoms with van der Waals surface area (Å²) in [6.07, 6.45) is 1.47. The Bertz CT molecular complexity index is 580. The van der Waals surface area contributed by atoms with E-state index in [9.17, 15) is 5.11 Å². The number of halogens is 1. The van der Waals surface area contributed by atoms with Crippen molar-refractivity contribution in [1.82, 2.24) is 14.8 Å². The lowest BCUT2D eigenvalue weighted by molar-refractivity contribution is 0.173. The van der Waals surface area contributed by atoms with Crippen LogP contribution < -0.4 is 0 Å². The average molecular weight is 338 g/mol.